The number of hydrogen-bond donors (Lipinski definition) is 2. The summed E-state index contributed by atoms with van der Waals surface area (Å²) < 4.78 is 10.5. The van der Waals surface area contributed by atoms with E-state index in [1.807, 2.05) is 23.6 Å². The van der Waals surface area contributed by atoms with E-state index in [0.717, 1.165) is 4.88 Å². The SMILES string of the molecule is COc1ccc(/C=N/NC(=O)/C(=C\c2cccs2)NC(=O)c2ccccc2)cc1OC. The first-order valence-electron chi connectivity index (χ1n) is 9.27. The van der Waals surface area contributed by atoms with E-state index in [-0.39, 0.29) is 11.6 Å². The molecule has 1 aromatic heterocycles. The van der Waals surface area contributed by atoms with Gasteiger partial charge in [0, 0.05) is 10.4 Å². The maximum Gasteiger partial charge on any atom is 0.287 e. The van der Waals surface area contributed by atoms with Crippen LogP contribution in [0.15, 0.2) is 76.8 Å². The predicted octanol–water partition coefficient (Wildman–Crippen LogP) is 3.69. The molecule has 3 rings (SSSR count). The summed E-state index contributed by atoms with van der Waals surface area (Å²) in [6.07, 6.45) is 3.08. The third-order valence-corrected chi connectivity index (χ3v) is 4.97. The number of benzene rings is 2. The minimum absolute atomic E-state index is 0.0840. The van der Waals surface area contributed by atoms with E-state index >= 15 is 0 Å². The first-order chi connectivity index (χ1) is 15.1. The molecule has 0 aliphatic carbocycles. The second-order valence-electron chi connectivity index (χ2n) is 6.21. The van der Waals surface area contributed by atoms with E-state index in [0.29, 0.717) is 22.6 Å². The van der Waals surface area contributed by atoms with Gasteiger partial charge in [-0.25, -0.2) is 5.43 Å². The number of nitrogens with one attached hydrogen (secondary N) is 2. The fourth-order valence-electron chi connectivity index (χ4n) is 2.62. The summed E-state index contributed by atoms with van der Waals surface area (Å²) in [7, 11) is 3.09. The van der Waals surface area contributed by atoms with E-state index in [1.165, 1.54) is 24.7 Å². The van der Waals surface area contributed by atoms with Gasteiger partial charge in [0.15, 0.2) is 11.5 Å². The van der Waals surface area contributed by atoms with Crippen LogP contribution in [0.5, 0.6) is 11.5 Å². The van der Waals surface area contributed by atoms with Gasteiger partial charge < -0.3 is 14.8 Å². The Balaban J connectivity index is 1.74. The summed E-state index contributed by atoms with van der Waals surface area (Å²) in [4.78, 5) is 26.0. The number of methoxy groups -OCH3 is 2. The third-order valence-electron chi connectivity index (χ3n) is 4.15. The van der Waals surface area contributed by atoms with Crippen LogP contribution in [0.2, 0.25) is 0 Å². The minimum Gasteiger partial charge on any atom is -0.493 e. The number of hydrogen-bond acceptors (Lipinski definition) is 6. The first-order valence-corrected chi connectivity index (χ1v) is 10.2. The van der Waals surface area contributed by atoms with Crippen LogP contribution in [0.3, 0.4) is 0 Å². The van der Waals surface area contributed by atoms with Crippen molar-refractivity contribution in [3.63, 3.8) is 0 Å². The predicted molar refractivity (Wildman–Crippen MR) is 121 cm³/mol. The molecule has 0 atom stereocenters. The van der Waals surface area contributed by atoms with Crippen LogP contribution in [-0.4, -0.2) is 32.2 Å². The number of rotatable bonds is 8. The lowest BCUT2D eigenvalue weighted by Gasteiger charge is -2.09. The number of thiophene rings is 1. The minimum atomic E-state index is -0.547. The van der Waals surface area contributed by atoms with Crippen molar-refractivity contribution in [1.82, 2.24) is 10.7 Å². The Hall–Kier alpha value is -3.91. The van der Waals surface area contributed by atoms with Crippen molar-refractivity contribution in [1.29, 1.82) is 0 Å². The van der Waals surface area contributed by atoms with Gasteiger partial charge in [-0.15, -0.1) is 11.3 Å². The molecule has 0 aliphatic rings. The van der Waals surface area contributed by atoms with Gasteiger partial charge in [0.25, 0.3) is 11.8 Å². The quantitative estimate of drug-likeness (QED) is 0.321. The number of amides is 2. The molecule has 7 nitrogen and oxygen atoms in total. The lowest BCUT2D eigenvalue weighted by Crippen LogP contribution is -2.32. The van der Waals surface area contributed by atoms with Crippen LogP contribution in [0.1, 0.15) is 20.8 Å². The number of hydrazone groups is 1. The molecule has 0 bridgehead atoms. The number of carbonyl (C=O) groups excluding carboxylic acids is 2. The van der Waals surface area contributed by atoms with Gasteiger partial charge in [-0.2, -0.15) is 5.10 Å². The monoisotopic (exact) mass is 435 g/mol. The summed E-state index contributed by atoms with van der Waals surface area (Å²) in [5.41, 5.74) is 3.68. The molecule has 0 aliphatic heterocycles. The molecule has 0 unspecified atom stereocenters. The lowest BCUT2D eigenvalue weighted by atomic mass is 10.2. The molecule has 158 valence electrons. The van der Waals surface area contributed by atoms with Gasteiger partial charge in [0.2, 0.25) is 0 Å². The summed E-state index contributed by atoms with van der Waals surface area (Å²) in [6.45, 7) is 0. The first kappa shape index (κ1) is 21.8. The van der Waals surface area contributed by atoms with Crippen molar-refractivity contribution in [2.24, 2.45) is 5.10 Å². The van der Waals surface area contributed by atoms with Crippen LogP contribution in [0.4, 0.5) is 0 Å². The van der Waals surface area contributed by atoms with E-state index in [4.69, 9.17) is 9.47 Å². The molecule has 2 amide bonds. The highest BCUT2D eigenvalue weighted by molar-refractivity contribution is 7.10. The second-order valence-corrected chi connectivity index (χ2v) is 7.19. The van der Waals surface area contributed by atoms with Crippen molar-refractivity contribution in [2.75, 3.05) is 14.2 Å². The van der Waals surface area contributed by atoms with Crippen molar-refractivity contribution in [2.45, 2.75) is 0 Å². The number of ether oxygens (including phenoxy) is 2. The Morgan fingerprint density at radius 1 is 0.968 bits per heavy atom. The summed E-state index contributed by atoms with van der Waals surface area (Å²) in [5.74, 6) is 0.205. The topological polar surface area (TPSA) is 89.0 Å². The van der Waals surface area contributed by atoms with Crippen LogP contribution < -0.4 is 20.2 Å². The molecule has 0 radical (unpaired) electrons. The zero-order valence-corrected chi connectivity index (χ0v) is 17.8. The second kappa shape index (κ2) is 10.7. The van der Waals surface area contributed by atoms with Gasteiger partial charge in [-0.1, -0.05) is 24.3 Å². The fraction of sp³-hybridized carbons (Fsp3) is 0.0870. The van der Waals surface area contributed by atoms with E-state index in [9.17, 15) is 9.59 Å². The normalized spacial score (nSPS) is 11.2. The van der Waals surface area contributed by atoms with Crippen LogP contribution in [0.25, 0.3) is 6.08 Å². The average Bonchev–Trinajstić information content (AvgIpc) is 3.32. The molecular weight excluding hydrogens is 414 g/mol. The maximum atomic E-state index is 12.7. The van der Waals surface area contributed by atoms with E-state index in [2.05, 4.69) is 15.8 Å². The molecule has 1 heterocycles. The molecule has 2 aromatic carbocycles. The van der Waals surface area contributed by atoms with Crippen molar-refractivity contribution in [3.05, 3.63) is 87.7 Å². The maximum absolute atomic E-state index is 12.7. The van der Waals surface area contributed by atoms with Crippen LogP contribution in [-0.2, 0) is 4.79 Å². The Labute approximate surface area is 184 Å². The molecule has 2 N–H and O–H groups in total. The number of carbonyl (C=O) groups is 2. The van der Waals surface area contributed by atoms with Gasteiger partial charge in [-0.05, 0) is 53.4 Å². The standard InChI is InChI=1S/C23H21N3O4S/c1-29-20-11-10-16(13-21(20)30-2)15-24-26-23(28)19(14-18-9-6-12-31-18)25-22(27)17-7-4-3-5-8-17/h3-15H,1-2H3,(H,25,27)(H,26,28)/b19-14+,24-15+. The molecule has 31 heavy (non-hydrogen) atoms. The molecule has 8 heteroatoms. The van der Waals surface area contributed by atoms with Gasteiger partial charge >= 0.3 is 0 Å². The third kappa shape index (κ3) is 6.03. The zero-order valence-electron chi connectivity index (χ0n) is 17.0. The smallest absolute Gasteiger partial charge is 0.287 e. The molecule has 0 saturated carbocycles. The van der Waals surface area contributed by atoms with Gasteiger partial charge in [0.05, 0.1) is 20.4 Å². The molecule has 0 spiro atoms. The molecule has 3 aromatic rings. The summed E-state index contributed by atoms with van der Waals surface area (Å²) in [5, 5.41) is 8.54. The highest BCUT2D eigenvalue weighted by Crippen LogP contribution is 2.26. The van der Waals surface area contributed by atoms with Crippen molar-refractivity contribution < 1.29 is 19.1 Å². The summed E-state index contributed by atoms with van der Waals surface area (Å²) in [6, 6.07) is 17.6. The van der Waals surface area contributed by atoms with E-state index in [1.54, 1.807) is 55.7 Å². The van der Waals surface area contributed by atoms with Crippen LogP contribution >= 0.6 is 11.3 Å². The Bertz CT molecular complexity index is 1090. The van der Waals surface area contributed by atoms with Crippen LogP contribution in [0, 0.1) is 0 Å². The van der Waals surface area contributed by atoms with E-state index < -0.39 is 5.91 Å². The van der Waals surface area contributed by atoms with Gasteiger partial charge in [-0.3, -0.25) is 9.59 Å². The van der Waals surface area contributed by atoms with Gasteiger partial charge in [0.1, 0.15) is 5.70 Å². The highest BCUT2D eigenvalue weighted by Gasteiger charge is 2.14. The Kier molecular flexibility index (Phi) is 7.56. The molecular formula is C23H21N3O4S. The number of nitrogens with zero attached hydrogens (tertiary/aromatic N) is 1. The van der Waals surface area contributed by atoms with Crippen molar-refractivity contribution in [3.8, 4) is 11.5 Å². The van der Waals surface area contributed by atoms with Crippen molar-refractivity contribution >= 4 is 35.4 Å². The largest absolute Gasteiger partial charge is 0.493 e. The molecule has 0 fully saturated rings. The zero-order chi connectivity index (χ0) is 22.1. The fourth-order valence-corrected chi connectivity index (χ4v) is 3.27. The Morgan fingerprint density at radius 3 is 2.42 bits per heavy atom. The average molecular weight is 436 g/mol. The summed E-state index contributed by atoms with van der Waals surface area (Å²) >= 11 is 1.45. The molecule has 0 saturated heterocycles. The highest BCUT2D eigenvalue weighted by atomic mass is 32.1. The Morgan fingerprint density at radius 2 is 1.74 bits per heavy atom. The lowest BCUT2D eigenvalue weighted by molar-refractivity contribution is -0.117.